The summed E-state index contributed by atoms with van der Waals surface area (Å²) >= 11 is 0. The van der Waals surface area contributed by atoms with Crippen LogP contribution in [-0.2, 0) is 26.2 Å². The van der Waals surface area contributed by atoms with Crippen molar-refractivity contribution in [2.45, 2.75) is 44.7 Å². The molecule has 2 amide bonds. The van der Waals surface area contributed by atoms with Crippen molar-refractivity contribution in [3.05, 3.63) is 90.0 Å². The first-order valence-corrected chi connectivity index (χ1v) is 14.0. The molecule has 3 aromatic carbocycles. The number of nitrogens with one attached hydrogen (secondary N) is 1. The molecule has 8 nitrogen and oxygen atoms in total. The topological polar surface area (TPSA) is 96.0 Å². The molecule has 38 heavy (non-hydrogen) atoms. The van der Waals surface area contributed by atoms with E-state index < -0.39 is 28.5 Å². The number of amides is 2. The Kier molecular flexibility index (Phi) is 9.90. The Morgan fingerprint density at radius 1 is 0.921 bits per heavy atom. The summed E-state index contributed by atoms with van der Waals surface area (Å²) in [4.78, 5) is 28.4. The zero-order chi connectivity index (χ0) is 27.7. The molecule has 202 valence electrons. The maximum Gasteiger partial charge on any atom is 0.264 e. The largest absolute Gasteiger partial charge is 0.497 e. The van der Waals surface area contributed by atoms with Crippen LogP contribution in [0.2, 0.25) is 0 Å². The normalized spacial score (nSPS) is 11.9. The fourth-order valence-corrected chi connectivity index (χ4v) is 5.53. The van der Waals surface area contributed by atoms with Crippen LogP contribution in [0.1, 0.15) is 31.4 Å². The van der Waals surface area contributed by atoms with Crippen LogP contribution in [0.5, 0.6) is 5.75 Å². The Balaban J connectivity index is 2.03. The molecule has 3 rings (SSSR count). The number of carbonyl (C=O) groups is 2. The molecule has 0 spiro atoms. The van der Waals surface area contributed by atoms with Gasteiger partial charge >= 0.3 is 0 Å². The van der Waals surface area contributed by atoms with Gasteiger partial charge in [0.25, 0.3) is 10.0 Å². The van der Waals surface area contributed by atoms with Crippen LogP contribution in [-0.4, -0.2) is 51.4 Å². The molecular formula is C29H35N3O5S. The van der Waals surface area contributed by atoms with Crippen LogP contribution >= 0.6 is 0 Å². The van der Waals surface area contributed by atoms with Gasteiger partial charge in [0.05, 0.1) is 17.7 Å². The molecule has 0 aliphatic carbocycles. The highest BCUT2D eigenvalue weighted by Gasteiger charge is 2.33. The second kappa shape index (κ2) is 13.1. The summed E-state index contributed by atoms with van der Waals surface area (Å²) in [6.07, 6.45) is 0.365. The molecule has 1 N–H and O–H groups in total. The summed E-state index contributed by atoms with van der Waals surface area (Å²) in [5, 5.41) is 2.80. The molecule has 0 aromatic heterocycles. The highest BCUT2D eigenvalue weighted by atomic mass is 32.2. The van der Waals surface area contributed by atoms with Crippen molar-refractivity contribution in [2.24, 2.45) is 0 Å². The fraction of sp³-hybridized carbons (Fsp3) is 0.310. The van der Waals surface area contributed by atoms with E-state index >= 15 is 0 Å². The van der Waals surface area contributed by atoms with Crippen molar-refractivity contribution in [3.8, 4) is 5.75 Å². The van der Waals surface area contributed by atoms with Crippen molar-refractivity contribution in [2.75, 3.05) is 24.5 Å². The van der Waals surface area contributed by atoms with Crippen LogP contribution in [0.3, 0.4) is 0 Å². The smallest absolute Gasteiger partial charge is 0.264 e. The number of ether oxygens (including phenoxy) is 1. The third kappa shape index (κ3) is 6.92. The number of hydrogen-bond acceptors (Lipinski definition) is 5. The van der Waals surface area contributed by atoms with Gasteiger partial charge in [0.15, 0.2) is 0 Å². The van der Waals surface area contributed by atoms with E-state index in [2.05, 4.69) is 5.32 Å². The Hall–Kier alpha value is -3.85. The Morgan fingerprint density at radius 2 is 1.55 bits per heavy atom. The summed E-state index contributed by atoms with van der Waals surface area (Å²) in [5.41, 5.74) is 2.11. The lowest BCUT2D eigenvalue weighted by Gasteiger charge is -2.33. The number of likely N-dealkylation sites (N-methyl/N-ethyl adjacent to an activating group) is 1. The predicted molar refractivity (Wildman–Crippen MR) is 148 cm³/mol. The summed E-state index contributed by atoms with van der Waals surface area (Å²) in [6.45, 7) is 5.62. The molecule has 0 aliphatic rings. The summed E-state index contributed by atoms with van der Waals surface area (Å²) in [6, 6.07) is 21.4. The Bertz CT molecular complexity index is 1310. The number of nitrogens with zero attached hydrogens (tertiary/aromatic N) is 2. The van der Waals surface area contributed by atoms with Crippen molar-refractivity contribution >= 4 is 27.5 Å². The lowest BCUT2D eigenvalue weighted by Crippen LogP contribution is -2.52. The second-order valence-corrected chi connectivity index (χ2v) is 10.7. The zero-order valence-electron chi connectivity index (χ0n) is 22.3. The van der Waals surface area contributed by atoms with Gasteiger partial charge in [-0.25, -0.2) is 8.42 Å². The van der Waals surface area contributed by atoms with Gasteiger partial charge in [0.2, 0.25) is 11.8 Å². The summed E-state index contributed by atoms with van der Waals surface area (Å²) < 4.78 is 33.8. The van der Waals surface area contributed by atoms with Crippen LogP contribution in [0, 0.1) is 6.92 Å². The molecule has 0 heterocycles. The minimum absolute atomic E-state index is 0.0749. The standard InChI is InChI=1S/C29H35N3O5S/c1-5-27(29(34)30-6-2)31(20-23-14-18-25(37-4)19-15-23)28(33)21-32(24-16-12-22(3)13-17-24)38(35,36)26-10-8-7-9-11-26/h7-19,27H,5-6,20-21H2,1-4H3,(H,30,34)/t27-/m0/s1. The van der Waals surface area contributed by atoms with E-state index in [0.29, 0.717) is 24.4 Å². The van der Waals surface area contributed by atoms with Gasteiger partial charge in [0, 0.05) is 13.1 Å². The molecule has 0 saturated heterocycles. The quantitative estimate of drug-likeness (QED) is 0.375. The first-order valence-electron chi connectivity index (χ1n) is 12.6. The van der Waals surface area contributed by atoms with Gasteiger partial charge < -0.3 is 15.0 Å². The minimum Gasteiger partial charge on any atom is -0.497 e. The number of methoxy groups -OCH3 is 1. The molecule has 1 atom stereocenters. The monoisotopic (exact) mass is 537 g/mol. The third-order valence-corrected chi connectivity index (χ3v) is 7.97. The number of anilines is 1. The fourth-order valence-electron chi connectivity index (χ4n) is 4.10. The van der Waals surface area contributed by atoms with Crippen LogP contribution in [0.25, 0.3) is 0 Å². The molecule has 0 saturated carbocycles. The molecular weight excluding hydrogens is 502 g/mol. The molecule has 0 unspecified atom stereocenters. The molecule has 0 bridgehead atoms. The Morgan fingerprint density at radius 3 is 2.11 bits per heavy atom. The van der Waals surface area contributed by atoms with Crippen molar-refractivity contribution in [1.29, 1.82) is 0 Å². The summed E-state index contributed by atoms with van der Waals surface area (Å²) in [7, 11) is -2.50. The highest BCUT2D eigenvalue weighted by Crippen LogP contribution is 2.25. The lowest BCUT2D eigenvalue weighted by atomic mass is 10.1. The van der Waals surface area contributed by atoms with Gasteiger partial charge in [-0.2, -0.15) is 0 Å². The molecule has 0 aliphatic heterocycles. The summed E-state index contributed by atoms with van der Waals surface area (Å²) in [5.74, 6) is -0.106. The van der Waals surface area contributed by atoms with Crippen LogP contribution in [0.15, 0.2) is 83.8 Å². The zero-order valence-corrected chi connectivity index (χ0v) is 23.1. The van der Waals surface area contributed by atoms with E-state index in [0.717, 1.165) is 15.4 Å². The van der Waals surface area contributed by atoms with E-state index in [1.54, 1.807) is 61.7 Å². The first kappa shape index (κ1) is 28.7. The van der Waals surface area contributed by atoms with E-state index in [1.165, 1.54) is 17.0 Å². The average molecular weight is 538 g/mol. The first-order chi connectivity index (χ1) is 18.2. The Labute approximate surface area is 225 Å². The highest BCUT2D eigenvalue weighted by molar-refractivity contribution is 7.92. The lowest BCUT2D eigenvalue weighted by molar-refractivity contribution is -0.140. The van der Waals surface area contributed by atoms with E-state index in [9.17, 15) is 18.0 Å². The molecule has 0 fully saturated rings. The van der Waals surface area contributed by atoms with Gasteiger partial charge in [-0.1, -0.05) is 55.0 Å². The van der Waals surface area contributed by atoms with Crippen molar-refractivity contribution in [1.82, 2.24) is 10.2 Å². The number of benzene rings is 3. The maximum atomic E-state index is 13.9. The number of aryl methyl sites for hydroxylation is 1. The van der Waals surface area contributed by atoms with E-state index in [1.807, 2.05) is 32.9 Å². The SMILES string of the molecule is CCNC(=O)[C@H](CC)N(Cc1ccc(OC)cc1)C(=O)CN(c1ccc(C)cc1)S(=O)(=O)c1ccccc1. The maximum absolute atomic E-state index is 13.9. The number of carbonyl (C=O) groups excluding carboxylic acids is 2. The van der Waals surface area contributed by atoms with E-state index in [-0.39, 0.29) is 17.3 Å². The molecule has 3 aromatic rings. The molecule has 9 heteroatoms. The van der Waals surface area contributed by atoms with E-state index in [4.69, 9.17) is 4.74 Å². The number of sulfonamides is 1. The van der Waals surface area contributed by atoms with Gasteiger partial charge in [-0.15, -0.1) is 0 Å². The molecule has 0 radical (unpaired) electrons. The minimum atomic E-state index is -4.07. The van der Waals surface area contributed by atoms with Gasteiger partial charge in [-0.3, -0.25) is 13.9 Å². The average Bonchev–Trinajstić information content (AvgIpc) is 2.93. The second-order valence-electron chi connectivity index (χ2n) is 8.85. The van der Waals surface area contributed by atoms with Crippen LogP contribution in [0.4, 0.5) is 5.69 Å². The van der Waals surface area contributed by atoms with Crippen molar-refractivity contribution in [3.63, 3.8) is 0 Å². The number of hydrogen-bond donors (Lipinski definition) is 1. The predicted octanol–water partition coefficient (Wildman–Crippen LogP) is 4.14. The van der Waals surface area contributed by atoms with Gasteiger partial charge in [0.1, 0.15) is 18.3 Å². The van der Waals surface area contributed by atoms with Gasteiger partial charge in [-0.05, 0) is 62.2 Å². The third-order valence-electron chi connectivity index (χ3n) is 6.18. The number of rotatable bonds is 12. The van der Waals surface area contributed by atoms with Crippen LogP contribution < -0.4 is 14.4 Å². The van der Waals surface area contributed by atoms with Crippen molar-refractivity contribution < 1.29 is 22.7 Å².